The van der Waals surface area contributed by atoms with E-state index in [0.29, 0.717) is 5.92 Å². The van der Waals surface area contributed by atoms with Crippen LogP contribution in [0.5, 0.6) is 0 Å². The van der Waals surface area contributed by atoms with E-state index in [9.17, 15) is 9.90 Å². The standard InChI is InChI=1S/C20H30O3/c1-14-7-11-20(18(21)22)15(2)5-4-6-17(20)19(14,3)10-8-16-9-12-23-13-16/h5,9,14,17H,4,6-8,10-13H2,1-3H3,(H,21,22). The Balaban J connectivity index is 1.91. The summed E-state index contributed by atoms with van der Waals surface area (Å²) in [4.78, 5) is 12.3. The van der Waals surface area contributed by atoms with Crippen LogP contribution in [-0.2, 0) is 9.53 Å². The summed E-state index contributed by atoms with van der Waals surface area (Å²) in [6.07, 6.45) is 10.4. The first-order valence-electron chi connectivity index (χ1n) is 9.07. The molecular weight excluding hydrogens is 288 g/mol. The highest BCUT2D eigenvalue weighted by molar-refractivity contribution is 5.79. The van der Waals surface area contributed by atoms with Gasteiger partial charge in [0.1, 0.15) is 0 Å². The lowest BCUT2D eigenvalue weighted by Gasteiger charge is -2.57. The first-order valence-corrected chi connectivity index (χ1v) is 9.07. The Bertz CT molecular complexity index is 547. The van der Waals surface area contributed by atoms with Gasteiger partial charge in [-0.3, -0.25) is 4.79 Å². The van der Waals surface area contributed by atoms with E-state index in [1.165, 1.54) is 5.57 Å². The molecule has 23 heavy (non-hydrogen) atoms. The van der Waals surface area contributed by atoms with Crippen molar-refractivity contribution in [2.45, 2.75) is 59.3 Å². The van der Waals surface area contributed by atoms with Crippen LogP contribution in [0.2, 0.25) is 0 Å². The quantitative estimate of drug-likeness (QED) is 0.771. The molecule has 1 fully saturated rings. The van der Waals surface area contributed by atoms with Gasteiger partial charge >= 0.3 is 5.97 Å². The van der Waals surface area contributed by atoms with Gasteiger partial charge in [-0.25, -0.2) is 0 Å². The summed E-state index contributed by atoms with van der Waals surface area (Å²) in [5.74, 6) is 0.232. The van der Waals surface area contributed by atoms with E-state index in [0.717, 1.165) is 57.3 Å². The van der Waals surface area contributed by atoms with Gasteiger partial charge in [0.2, 0.25) is 0 Å². The molecule has 3 aliphatic rings. The summed E-state index contributed by atoms with van der Waals surface area (Å²) < 4.78 is 5.44. The van der Waals surface area contributed by atoms with Crippen LogP contribution in [0.25, 0.3) is 0 Å². The second kappa shape index (κ2) is 6.08. The second-order valence-corrected chi connectivity index (χ2v) is 8.12. The predicted octanol–water partition coefficient (Wildman–Crippen LogP) is 4.59. The van der Waals surface area contributed by atoms with E-state index in [1.54, 1.807) is 0 Å². The molecule has 0 saturated heterocycles. The molecule has 2 aliphatic carbocycles. The number of rotatable bonds is 4. The van der Waals surface area contributed by atoms with Gasteiger partial charge in [0.05, 0.1) is 18.6 Å². The molecule has 128 valence electrons. The van der Waals surface area contributed by atoms with Crippen LogP contribution in [0.15, 0.2) is 23.3 Å². The molecule has 4 unspecified atom stereocenters. The summed E-state index contributed by atoms with van der Waals surface area (Å²) in [6.45, 7) is 8.24. The minimum absolute atomic E-state index is 0.0928. The first kappa shape index (κ1) is 16.8. The highest BCUT2D eigenvalue weighted by Crippen LogP contribution is 2.62. The molecule has 0 spiro atoms. The summed E-state index contributed by atoms with van der Waals surface area (Å²) in [5.41, 5.74) is 1.96. The molecule has 0 radical (unpaired) electrons. The number of ether oxygens (including phenoxy) is 1. The average molecular weight is 318 g/mol. The van der Waals surface area contributed by atoms with Crippen LogP contribution >= 0.6 is 0 Å². The van der Waals surface area contributed by atoms with Gasteiger partial charge in [0.25, 0.3) is 0 Å². The average Bonchev–Trinajstić information content (AvgIpc) is 3.03. The van der Waals surface area contributed by atoms with Gasteiger partial charge < -0.3 is 9.84 Å². The summed E-state index contributed by atoms with van der Waals surface area (Å²) in [6, 6.07) is 0. The first-order chi connectivity index (χ1) is 10.9. The van der Waals surface area contributed by atoms with Crippen LogP contribution in [0.4, 0.5) is 0 Å². The van der Waals surface area contributed by atoms with Crippen molar-refractivity contribution in [3.8, 4) is 0 Å². The molecule has 0 bridgehead atoms. The van der Waals surface area contributed by atoms with Crippen molar-refractivity contribution in [2.75, 3.05) is 13.2 Å². The van der Waals surface area contributed by atoms with Crippen molar-refractivity contribution in [3.05, 3.63) is 23.3 Å². The molecule has 1 N–H and O–H groups in total. The zero-order chi connectivity index (χ0) is 16.7. The maximum absolute atomic E-state index is 12.3. The minimum atomic E-state index is -0.625. The zero-order valence-electron chi connectivity index (χ0n) is 14.7. The summed E-state index contributed by atoms with van der Waals surface area (Å²) in [7, 11) is 0. The van der Waals surface area contributed by atoms with Gasteiger partial charge in [-0.15, -0.1) is 0 Å². The number of allylic oxidation sites excluding steroid dienone is 1. The maximum atomic E-state index is 12.3. The number of carbonyl (C=O) groups is 1. The van der Waals surface area contributed by atoms with Crippen molar-refractivity contribution in [2.24, 2.45) is 22.7 Å². The van der Waals surface area contributed by atoms with Crippen LogP contribution in [-0.4, -0.2) is 24.3 Å². The Kier molecular flexibility index (Phi) is 4.43. The minimum Gasteiger partial charge on any atom is -0.481 e. The number of hydrogen-bond donors (Lipinski definition) is 1. The van der Waals surface area contributed by atoms with Gasteiger partial charge in [-0.1, -0.05) is 31.6 Å². The number of carboxylic acid groups (broad SMARTS) is 1. The van der Waals surface area contributed by atoms with E-state index in [1.807, 2.05) is 6.92 Å². The van der Waals surface area contributed by atoms with E-state index >= 15 is 0 Å². The third-order valence-corrected chi connectivity index (χ3v) is 7.24. The van der Waals surface area contributed by atoms with E-state index in [4.69, 9.17) is 4.74 Å². The maximum Gasteiger partial charge on any atom is 0.314 e. The zero-order valence-corrected chi connectivity index (χ0v) is 14.7. The van der Waals surface area contributed by atoms with Crippen molar-refractivity contribution < 1.29 is 14.6 Å². The third-order valence-electron chi connectivity index (χ3n) is 7.24. The van der Waals surface area contributed by atoms with Crippen molar-refractivity contribution in [1.29, 1.82) is 0 Å². The van der Waals surface area contributed by atoms with Crippen molar-refractivity contribution >= 4 is 5.97 Å². The topological polar surface area (TPSA) is 46.5 Å². The molecular formula is C20H30O3. The molecule has 3 heteroatoms. The van der Waals surface area contributed by atoms with Crippen LogP contribution in [0.1, 0.15) is 59.3 Å². The molecule has 1 saturated carbocycles. The molecule has 4 atom stereocenters. The molecule has 1 aliphatic heterocycles. The van der Waals surface area contributed by atoms with Crippen molar-refractivity contribution in [1.82, 2.24) is 0 Å². The Hall–Kier alpha value is -1.09. The fourth-order valence-electron chi connectivity index (χ4n) is 5.43. The van der Waals surface area contributed by atoms with Crippen molar-refractivity contribution in [3.63, 3.8) is 0 Å². The third kappa shape index (κ3) is 2.57. The summed E-state index contributed by atoms with van der Waals surface area (Å²) in [5, 5.41) is 10.1. The van der Waals surface area contributed by atoms with Gasteiger partial charge in [-0.2, -0.15) is 0 Å². The lowest BCUT2D eigenvalue weighted by atomic mass is 9.46. The number of carboxylic acids is 1. The molecule has 1 heterocycles. The van der Waals surface area contributed by atoms with E-state index < -0.39 is 11.4 Å². The molecule has 0 amide bonds. The molecule has 0 aromatic heterocycles. The van der Waals surface area contributed by atoms with Crippen LogP contribution < -0.4 is 0 Å². The molecule has 0 aromatic rings. The lowest BCUT2D eigenvalue weighted by Crippen LogP contribution is -2.54. The predicted molar refractivity (Wildman–Crippen MR) is 91.2 cm³/mol. The highest BCUT2D eigenvalue weighted by Gasteiger charge is 2.59. The Morgan fingerprint density at radius 3 is 2.83 bits per heavy atom. The largest absolute Gasteiger partial charge is 0.481 e. The highest BCUT2D eigenvalue weighted by atomic mass is 16.5. The Labute approximate surface area is 139 Å². The number of fused-ring (bicyclic) bond motifs is 1. The smallest absolute Gasteiger partial charge is 0.314 e. The fourth-order valence-corrected chi connectivity index (χ4v) is 5.43. The van der Waals surface area contributed by atoms with Gasteiger partial charge in [0.15, 0.2) is 0 Å². The van der Waals surface area contributed by atoms with E-state index in [2.05, 4.69) is 26.0 Å². The summed E-state index contributed by atoms with van der Waals surface area (Å²) >= 11 is 0. The number of hydrogen-bond acceptors (Lipinski definition) is 2. The van der Waals surface area contributed by atoms with Crippen LogP contribution in [0, 0.1) is 22.7 Å². The Morgan fingerprint density at radius 1 is 1.39 bits per heavy atom. The normalized spacial score (nSPS) is 40.3. The Morgan fingerprint density at radius 2 is 2.17 bits per heavy atom. The van der Waals surface area contributed by atoms with Crippen LogP contribution in [0.3, 0.4) is 0 Å². The molecule has 0 aromatic carbocycles. The SMILES string of the molecule is CC1=CCCC2C1(C(=O)O)CCC(C)C2(C)CCC1=CCOC1. The van der Waals surface area contributed by atoms with E-state index in [-0.39, 0.29) is 11.3 Å². The molecule has 3 nitrogen and oxygen atoms in total. The monoisotopic (exact) mass is 318 g/mol. The fraction of sp³-hybridized carbons (Fsp3) is 0.750. The lowest BCUT2D eigenvalue weighted by molar-refractivity contribution is -0.162. The molecule has 3 rings (SSSR count). The second-order valence-electron chi connectivity index (χ2n) is 8.12. The van der Waals surface area contributed by atoms with Gasteiger partial charge in [0, 0.05) is 0 Å². The van der Waals surface area contributed by atoms with Gasteiger partial charge in [-0.05, 0) is 68.3 Å². The number of aliphatic carboxylic acids is 1.